The van der Waals surface area contributed by atoms with Crippen LogP contribution in [-0.4, -0.2) is 16.5 Å². The largest absolute Gasteiger partial charge is 0.366 e. The molecule has 0 aromatic carbocycles. The van der Waals surface area contributed by atoms with Crippen LogP contribution in [0.3, 0.4) is 0 Å². The van der Waals surface area contributed by atoms with Gasteiger partial charge in [-0.25, -0.2) is 4.98 Å². The van der Waals surface area contributed by atoms with E-state index < -0.39 is 0 Å². The quantitative estimate of drug-likeness (QED) is 0.647. The first-order valence-corrected chi connectivity index (χ1v) is 3.65. The molecule has 0 bridgehead atoms. The number of nitrogens with one attached hydrogen (secondary N) is 2. The number of rotatable bonds is 3. The summed E-state index contributed by atoms with van der Waals surface area (Å²) in [7, 11) is 0. The van der Waals surface area contributed by atoms with Gasteiger partial charge in [0.05, 0.1) is 0 Å². The van der Waals surface area contributed by atoms with Crippen molar-refractivity contribution in [3.63, 3.8) is 0 Å². The number of anilines is 1. The van der Waals surface area contributed by atoms with E-state index in [2.05, 4.69) is 21.9 Å². The summed E-state index contributed by atoms with van der Waals surface area (Å²) in [4.78, 5) is 17.5. The van der Waals surface area contributed by atoms with Crippen molar-refractivity contribution in [1.29, 1.82) is 0 Å². The Morgan fingerprint density at radius 3 is 3.17 bits per heavy atom. The molecule has 0 unspecified atom stereocenters. The van der Waals surface area contributed by atoms with Gasteiger partial charge in [0.1, 0.15) is 11.6 Å². The van der Waals surface area contributed by atoms with Gasteiger partial charge in [-0.1, -0.05) is 6.08 Å². The molecular formula is C8H11N3O. The summed E-state index contributed by atoms with van der Waals surface area (Å²) < 4.78 is 0. The van der Waals surface area contributed by atoms with E-state index in [4.69, 9.17) is 0 Å². The van der Waals surface area contributed by atoms with Crippen molar-refractivity contribution in [2.24, 2.45) is 0 Å². The molecule has 64 valence electrons. The number of aryl methyl sites for hydroxylation is 1. The molecule has 0 saturated carbocycles. The molecule has 1 heterocycles. The lowest BCUT2D eigenvalue weighted by atomic mass is 10.5. The minimum atomic E-state index is -0.144. The maximum atomic E-state index is 10.9. The number of hydrogen-bond acceptors (Lipinski definition) is 3. The Morgan fingerprint density at radius 2 is 2.58 bits per heavy atom. The topological polar surface area (TPSA) is 57.8 Å². The molecular weight excluding hydrogens is 154 g/mol. The highest BCUT2D eigenvalue weighted by molar-refractivity contribution is 5.33. The molecule has 12 heavy (non-hydrogen) atoms. The molecule has 0 saturated heterocycles. The van der Waals surface area contributed by atoms with Crippen molar-refractivity contribution in [1.82, 2.24) is 9.97 Å². The fraction of sp³-hybridized carbons (Fsp3) is 0.250. The van der Waals surface area contributed by atoms with E-state index in [9.17, 15) is 4.79 Å². The van der Waals surface area contributed by atoms with Crippen molar-refractivity contribution >= 4 is 5.82 Å². The zero-order valence-electron chi connectivity index (χ0n) is 6.92. The SMILES string of the molecule is C=CCNc1cc(=O)[nH]c(C)n1. The summed E-state index contributed by atoms with van der Waals surface area (Å²) in [6, 6.07) is 1.41. The number of aromatic nitrogens is 2. The molecule has 1 rings (SSSR count). The predicted molar refractivity (Wildman–Crippen MR) is 48.3 cm³/mol. The molecule has 0 aliphatic heterocycles. The average Bonchev–Trinajstić information content (AvgIpc) is 1.99. The second kappa shape index (κ2) is 3.71. The Balaban J connectivity index is 2.85. The highest BCUT2D eigenvalue weighted by Crippen LogP contribution is 1.96. The van der Waals surface area contributed by atoms with Crippen LogP contribution in [0.2, 0.25) is 0 Å². The highest BCUT2D eigenvalue weighted by Gasteiger charge is 1.94. The van der Waals surface area contributed by atoms with Crippen LogP contribution in [0.5, 0.6) is 0 Å². The van der Waals surface area contributed by atoms with E-state index in [1.807, 2.05) is 0 Å². The molecule has 0 radical (unpaired) electrons. The van der Waals surface area contributed by atoms with Crippen LogP contribution in [0, 0.1) is 6.92 Å². The molecule has 1 aromatic heterocycles. The molecule has 0 fully saturated rings. The Labute approximate surface area is 70.4 Å². The second-order valence-corrected chi connectivity index (χ2v) is 2.39. The zero-order valence-corrected chi connectivity index (χ0v) is 6.92. The third-order valence-corrected chi connectivity index (χ3v) is 1.29. The Hall–Kier alpha value is -1.58. The molecule has 2 N–H and O–H groups in total. The van der Waals surface area contributed by atoms with Crippen LogP contribution in [0.4, 0.5) is 5.82 Å². The van der Waals surface area contributed by atoms with Crippen LogP contribution < -0.4 is 10.9 Å². The molecule has 0 amide bonds. The lowest BCUT2D eigenvalue weighted by molar-refractivity contribution is 1.01. The first-order chi connectivity index (χ1) is 5.72. The van der Waals surface area contributed by atoms with Crippen LogP contribution in [-0.2, 0) is 0 Å². The minimum Gasteiger partial charge on any atom is -0.366 e. The summed E-state index contributed by atoms with van der Waals surface area (Å²) >= 11 is 0. The van der Waals surface area contributed by atoms with Gasteiger partial charge in [-0.05, 0) is 6.92 Å². The number of aromatic amines is 1. The predicted octanol–water partition coefficient (Wildman–Crippen LogP) is 0.676. The Morgan fingerprint density at radius 1 is 1.83 bits per heavy atom. The number of hydrogen-bond donors (Lipinski definition) is 2. The maximum absolute atomic E-state index is 10.9. The van der Waals surface area contributed by atoms with Crippen LogP contribution in [0.1, 0.15) is 5.82 Å². The third-order valence-electron chi connectivity index (χ3n) is 1.29. The van der Waals surface area contributed by atoms with Gasteiger partial charge in [0, 0.05) is 12.6 Å². The van der Waals surface area contributed by atoms with Gasteiger partial charge in [-0.3, -0.25) is 4.79 Å². The monoisotopic (exact) mass is 165 g/mol. The van der Waals surface area contributed by atoms with Crippen molar-refractivity contribution in [2.45, 2.75) is 6.92 Å². The van der Waals surface area contributed by atoms with Crippen molar-refractivity contribution in [3.8, 4) is 0 Å². The van der Waals surface area contributed by atoms with E-state index in [1.165, 1.54) is 6.07 Å². The smallest absolute Gasteiger partial charge is 0.252 e. The fourth-order valence-electron chi connectivity index (χ4n) is 0.847. The first-order valence-electron chi connectivity index (χ1n) is 3.65. The van der Waals surface area contributed by atoms with Gasteiger partial charge in [-0.2, -0.15) is 0 Å². The fourth-order valence-corrected chi connectivity index (χ4v) is 0.847. The van der Waals surface area contributed by atoms with Gasteiger partial charge < -0.3 is 10.3 Å². The van der Waals surface area contributed by atoms with E-state index in [1.54, 1.807) is 13.0 Å². The van der Waals surface area contributed by atoms with Gasteiger partial charge in [0.2, 0.25) is 0 Å². The standard InChI is InChI=1S/C8H11N3O/c1-3-4-9-7-5-8(12)11-6(2)10-7/h3,5H,1,4H2,2H3,(H2,9,10,11,12). The lowest BCUT2D eigenvalue weighted by Crippen LogP contribution is -2.11. The summed E-state index contributed by atoms with van der Waals surface area (Å²) in [5.74, 6) is 1.19. The maximum Gasteiger partial charge on any atom is 0.252 e. The van der Waals surface area contributed by atoms with Gasteiger partial charge >= 0.3 is 0 Å². The summed E-state index contributed by atoms with van der Waals surface area (Å²) in [6.07, 6.45) is 1.71. The number of nitrogens with zero attached hydrogens (tertiary/aromatic N) is 1. The first kappa shape index (κ1) is 8.52. The average molecular weight is 165 g/mol. The molecule has 4 heteroatoms. The zero-order chi connectivity index (χ0) is 8.97. The second-order valence-electron chi connectivity index (χ2n) is 2.39. The van der Waals surface area contributed by atoms with Crippen LogP contribution >= 0.6 is 0 Å². The summed E-state index contributed by atoms with van der Waals surface area (Å²) in [5.41, 5.74) is -0.144. The summed E-state index contributed by atoms with van der Waals surface area (Å²) in [6.45, 7) is 5.89. The van der Waals surface area contributed by atoms with Gasteiger partial charge in [0.25, 0.3) is 5.56 Å². The molecule has 0 aliphatic rings. The number of H-pyrrole nitrogens is 1. The molecule has 4 nitrogen and oxygen atoms in total. The van der Waals surface area contributed by atoms with Crippen molar-refractivity contribution in [3.05, 3.63) is 34.9 Å². The van der Waals surface area contributed by atoms with Crippen molar-refractivity contribution < 1.29 is 0 Å². The van der Waals surface area contributed by atoms with E-state index in [0.717, 1.165) is 0 Å². The molecule has 0 aliphatic carbocycles. The lowest BCUT2D eigenvalue weighted by Gasteiger charge is -2.01. The highest BCUT2D eigenvalue weighted by atomic mass is 16.1. The molecule has 0 spiro atoms. The Kier molecular flexibility index (Phi) is 2.63. The molecule has 1 aromatic rings. The summed E-state index contributed by atoms with van der Waals surface area (Å²) in [5, 5.41) is 2.93. The van der Waals surface area contributed by atoms with Gasteiger partial charge in [0.15, 0.2) is 0 Å². The minimum absolute atomic E-state index is 0.144. The Bertz CT molecular complexity index is 329. The third kappa shape index (κ3) is 2.23. The van der Waals surface area contributed by atoms with E-state index >= 15 is 0 Å². The van der Waals surface area contributed by atoms with Crippen LogP contribution in [0.25, 0.3) is 0 Å². The normalized spacial score (nSPS) is 9.42. The molecule has 0 atom stereocenters. The van der Waals surface area contributed by atoms with Crippen molar-refractivity contribution in [2.75, 3.05) is 11.9 Å². The van der Waals surface area contributed by atoms with E-state index in [-0.39, 0.29) is 5.56 Å². The van der Waals surface area contributed by atoms with E-state index in [0.29, 0.717) is 18.2 Å². The van der Waals surface area contributed by atoms with Gasteiger partial charge in [-0.15, -0.1) is 6.58 Å². The van der Waals surface area contributed by atoms with Crippen LogP contribution in [0.15, 0.2) is 23.5 Å².